The minimum absolute atomic E-state index is 0.0255. The minimum Gasteiger partial charge on any atom is -0.486 e. The first kappa shape index (κ1) is 14.9. The quantitative estimate of drug-likeness (QED) is 0.922. The summed E-state index contributed by atoms with van der Waals surface area (Å²) in [5, 5.41) is 7.88. The molecular formula is C17H23N3O2. The van der Waals surface area contributed by atoms with E-state index in [0.717, 1.165) is 18.0 Å². The summed E-state index contributed by atoms with van der Waals surface area (Å²) in [5.41, 5.74) is 1.19. The van der Waals surface area contributed by atoms with Crippen LogP contribution in [0.1, 0.15) is 38.4 Å². The van der Waals surface area contributed by atoms with Gasteiger partial charge in [0, 0.05) is 30.4 Å². The predicted octanol–water partition coefficient (Wildman–Crippen LogP) is 2.95. The van der Waals surface area contributed by atoms with Gasteiger partial charge in [-0.15, -0.1) is 0 Å². The molecule has 0 saturated heterocycles. The van der Waals surface area contributed by atoms with Gasteiger partial charge in [-0.2, -0.15) is 5.10 Å². The lowest BCUT2D eigenvalue weighted by atomic mass is 10.2. The third-order valence-corrected chi connectivity index (χ3v) is 3.87. The predicted molar refractivity (Wildman–Crippen MR) is 85.4 cm³/mol. The second-order valence-electron chi connectivity index (χ2n) is 5.97. The van der Waals surface area contributed by atoms with Gasteiger partial charge in [0.1, 0.15) is 12.7 Å². The summed E-state index contributed by atoms with van der Waals surface area (Å²) >= 11 is 0. The Kier molecular flexibility index (Phi) is 4.34. The van der Waals surface area contributed by atoms with Crippen molar-refractivity contribution in [1.29, 1.82) is 0 Å². The van der Waals surface area contributed by atoms with Crippen LogP contribution >= 0.6 is 0 Å². The van der Waals surface area contributed by atoms with Crippen molar-refractivity contribution in [3.05, 3.63) is 42.2 Å². The van der Waals surface area contributed by atoms with Crippen molar-refractivity contribution in [2.75, 3.05) is 13.2 Å². The SMILES string of the molecule is CC(C)n1cc([C@H](C)NC[C@H]2COc3ccccc3O2)cn1. The number of hydrogen-bond acceptors (Lipinski definition) is 4. The molecule has 1 aliphatic heterocycles. The fourth-order valence-corrected chi connectivity index (χ4v) is 2.45. The maximum Gasteiger partial charge on any atom is 0.161 e. The lowest BCUT2D eigenvalue weighted by Crippen LogP contribution is -2.39. The van der Waals surface area contributed by atoms with Crippen LogP contribution in [0.15, 0.2) is 36.7 Å². The van der Waals surface area contributed by atoms with Crippen LogP contribution in [0.4, 0.5) is 0 Å². The highest BCUT2D eigenvalue weighted by atomic mass is 16.6. The van der Waals surface area contributed by atoms with Gasteiger partial charge in [-0.05, 0) is 32.9 Å². The largest absolute Gasteiger partial charge is 0.486 e. The number of fused-ring (bicyclic) bond motifs is 1. The van der Waals surface area contributed by atoms with Crippen molar-refractivity contribution in [2.24, 2.45) is 0 Å². The first-order valence-corrected chi connectivity index (χ1v) is 7.79. The number of nitrogens with one attached hydrogen (secondary N) is 1. The minimum atomic E-state index is 0.0255. The first-order valence-electron chi connectivity index (χ1n) is 7.79. The van der Waals surface area contributed by atoms with Crippen molar-refractivity contribution in [3.63, 3.8) is 0 Å². The molecule has 1 aromatic heterocycles. The number of aromatic nitrogens is 2. The number of nitrogens with zero attached hydrogens (tertiary/aromatic N) is 2. The molecule has 1 N–H and O–H groups in total. The van der Waals surface area contributed by atoms with E-state index in [0.29, 0.717) is 12.6 Å². The van der Waals surface area contributed by atoms with E-state index in [1.54, 1.807) is 0 Å². The number of ether oxygens (including phenoxy) is 2. The Morgan fingerprint density at radius 1 is 1.27 bits per heavy atom. The summed E-state index contributed by atoms with van der Waals surface area (Å²) < 4.78 is 13.7. The maximum absolute atomic E-state index is 5.95. The lowest BCUT2D eigenvalue weighted by molar-refractivity contribution is 0.0886. The van der Waals surface area contributed by atoms with E-state index < -0.39 is 0 Å². The fraction of sp³-hybridized carbons (Fsp3) is 0.471. The van der Waals surface area contributed by atoms with Gasteiger partial charge in [0.2, 0.25) is 0 Å². The third-order valence-electron chi connectivity index (χ3n) is 3.87. The van der Waals surface area contributed by atoms with Gasteiger partial charge >= 0.3 is 0 Å². The number of benzene rings is 1. The molecule has 5 heteroatoms. The summed E-state index contributed by atoms with van der Waals surface area (Å²) in [6.45, 7) is 7.70. The molecule has 0 saturated carbocycles. The zero-order valence-corrected chi connectivity index (χ0v) is 13.3. The normalized spacial score (nSPS) is 18.5. The molecule has 1 aromatic carbocycles. The molecule has 2 aromatic rings. The molecule has 1 aliphatic rings. The smallest absolute Gasteiger partial charge is 0.161 e. The van der Waals surface area contributed by atoms with E-state index in [9.17, 15) is 0 Å². The van der Waals surface area contributed by atoms with Crippen LogP contribution in [0.5, 0.6) is 11.5 Å². The van der Waals surface area contributed by atoms with Gasteiger partial charge in [-0.1, -0.05) is 12.1 Å². The molecule has 5 nitrogen and oxygen atoms in total. The zero-order chi connectivity index (χ0) is 15.5. The van der Waals surface area contributed by atoms with E-state index in [-0.39, 0.29) is 12.1 Å². The molecule has 22 heavy (non-hydrogen) atoms. The molecule has 2 heterocycles. The molecule has 2 atom stereocenters. The molecule has 0 radical (unpaired) electrons. The Morgan fingerprint density at radius 2 is 2.05 bits per heavy atom. The highest BCUT2D eigenvalue weighted by Crippen LogP contribution is 2.30. The highest BCUT2D eigenvalue weighted by molar-refractivity contribution is 5.40. The molecule has 118 valence electrons. The van der Waals surface area contributed by atoms with Gasteiger partial charge in [0.25, 0.3) is 0 Å². The molecule has 3 rings (SSSR count). The Labute approximate surface area is 131 Å². The Bertz CT molecular complexity index is 624. The van der Waals surface area contributed by atoms with Crippen LogP contribution in [0.2, 0.25) is 0 Å². The van der Waals surface area contributed by atoms with Crippen LogP contribution in [0.25, 0.3) is 0 Å². The molecule has 0 aliphatic carbocycles. The summed E-state index contributed by atoms with van der Waals surface area (Å²) in [6, 6.07) is 8.40. The van der Waals surface area contributed by atoms with Crippen molar-refractivity contribution >= 4 is 0 Å². The fourth-order valence-electron chi connectivity index (χ4n) is 2.45. The van der Waals surface area contributed by atoms with E-state index in [2.05, 4.69) is 37.4 Å². The zero-order valence-electron chi connectivity index (χ0n) is 13.3. The molecular weight excluding hydrogens is 278 g/mol. The van der Waals surface area contributed by atoms with Gasteiger partial charge < -0.3 is 14.8 Å². The second kappa shape index (κ2) is 6.40. The monoisotopic (exact) mass is 301 g/mol. The molecule has 0 spiro atoms. The molecule has 0 bridgehead atoms. The van der Waals surface area contributed by atoms with Gasteiger partial charge in [0.05, 0.1) is 6.20 Å². The Morgan fingerprint density at radius 3 is 2.77 bits per heavy atom. The molecule has 0 amide bonds. The van der Waals surface area contributed by atoms with Crippen LogP contribution < -0.4 is 14.8 Å². The average molecular weight is 301 g/mol. The highest BCUT2D eigenvalue weighted by Gasteiger charge is 2.21. The van der Waals surface area contributed by atoms with E-state index in [1.807, 2.05) is 35.1 Å². The van der Waals surface area contributed by atoms with Gasteiger partial charge in [-0.3, -0.25) is 4.68 Å². The van der Waals surface area contributed by atoms with Gasteiger partial charge in [0.15, 0.2) is 11.5 Å². The Balaban J connectivity index is 1.54. The third kappa shape index (κ3) is 3.25. The second-order valence-corrected chi connectivity index (χ2v) is 5.97. The summed E-state index contributed by atoms with van der Waals surface area (Å²) in [7, 11) is 0. The van der Waals surface area contributed by atoms with Crippen LogP contribution in [-0.2, 0) is 0 Å². The number of hydrogen-bond donors (Lipinski definition) is 1. The van der Waals surface area contributed by atoms with E-state index in [4.69, 9.17) is 9.47 Å². The van der Waals surface area contributed by atoms with Gasteiger partial charge in [-0.25, -0.2) is 0 Å². The summed E-state index contributed by atoms with van der Waals surface area (Å²) in [5.74, 6) is 1.64. The van der Waals surface area contributed by atoms with E-state index in [1.165, 1.54) is 5.56 Å². The van der Waals surface area contributed by atoms with Crippen LogP contribution in [0, 0.1) is 0 Å². The maximum atomic E-state index is 5.95. The van der Waals surface area contributed by atoms with E-state index >= 15 is 0 Å². The molecule has 0 fully saturated rings. The van der Waals surface area contributed by atoms with Crippen LogP contribution in [0.3, 0.4) is 0 Å². The number of para-hydroxylation sites is 2. The topological polar surface area (TPSA) is 48.3 Å². The first-order chi connectivity index (χ1) is 10.6. The lowest BCUT2D eigenvalue weighted by Gasteiger charge is -2.27. The summed E-state index contributed by atoms with van der Waals surface area (Å²) in [4.78, 5) is 0. The average Bonchev–Trinajstić information content (AvgIpc) is 3.03. The van der Waals surface area contributed by atoms with Crippen molar-refractivity contribution in [2.45, 2.75) is 39.0 Å². The van der Waals surface area contributed by atoms with Crippen molar-refractivity contribution in [3.8, 4) is 11.5 Å². The standard InChI is InChI=1S/C17H23N3O2/c1-12(2)20-10-14(8-19-20)13(3)18-9-15-11-21-16-6-4-5-7-17(16)22-15/h4-8,10,12-13,15,18H,9,11H2,1-3H3/t13-,15-/m0/s1. The van der Waals surface area contributed by atoms with Crippen molar-refractivity contribution < 1.29 is 9.47 Å². The molecule has 0 unspecified atom stereocenters. The number of rotatable bonds is 5. The Hall–Kier alpha value is -2.01. The van der Waals surface area contributed by atoms with Crippen molar-refractivity contribution in [1.82, 2.24) is 15.1 Å². The summed E-state index contributed by atoms with van der Waals surface area (Å²) in [6.07, 6.45) is 4.04. The van der Waals surface area contributed by atoms with Crippen LogP contribution in [-0.4, -0.2) is 29.0 Å².